The molecule has 0 aromatic heterocycles. The third-order valence-electron chi connectivity index (χ3n) is 10.7. The van der Waals surface area contributed by atoms with Crippen molar-refractivity contribution in [1.82, 2.24) is 0 Å². The molecule has 0 saturated heterocycles. The summed E-state index contributed by atoms with van der Waals surface area (Å²) in [5, 5.41) is 0. The maximum atomic E-state index is 12.4. The molecule has 0 spiro atoms. The molecule has 166 valence electrons. The van der Waals surface area contributed by atoms with Crippen molar-refractivity contribution >= 4 is 21.7 Å². The Labute approximate surface area is 188 Å². The molecule has 4 unspecified atom stereocenters. The Morgan fingerprint density at radius 1 is 0.966 bits per heavy atom. The minimum atomic E-state index is 0.119. The molecule has 0 bridgehead atoms. The Morgan fingerprint density at radius 2 is 1.69 bits per heavy atom. The highest BCUT2D eigenvalue weighted by atomic mass is 79.9. The summed E-state index contributed by atoms with van der Waals surface area (Å²) >= 11 is 3.75. The van der Waals surface area contributed by atoms with Crippen LogP contribution in [0, 0.1) is 52.3 Å². The van der Waals surface area contributed by atoms with Crippen molar-refractivity contribution in [2.24, 2.45) is 52.3 Å². The van der Waals surface area contributed by atoms with Crippen LogP contribution in [0.1, 0.15) is 105 Å². The molecular formula is C27H45BrO. The number of alkyl halides is 1. The van der Waals surface area contributed by atoms with E-state index in [2.05, 4.69) is 50.5 Å². The molecular weight excluding hydrogens is 420 g/mol. The Balaban J connectivity index is 1.48. The van der Waals surface area contributed by atoms with Gasteiger partial charge in [0.25, 0.3) is 0 Å². The topological polar surface area (TPSA) is 17.1 Å². The van der Waals surface area contributed by atoms with Gasteiger partial charge in [-0.2, -0.15) is 0 Å². The lowest BCUT2D eigenvalue weighted by atomic mass is 9.44. The molecule has 4 fully saturated rings. The second-order valence-corrected chi connectivity index (χ2v) is 13.6. The van der Waals surface area contributed by atoms with Gasteiger partial charge in [-0.05, 0) is 97.2 Å². The summed E-state index contributed by atoms with van der Waals surface area (Å²) in [6.45, 7) is 12.6. The van der Waals surface area contributed by atoms with Crippen molar-refractivity contribution in [3.63, 3.8) is 0 Å². The van der Waals surface area contributed by atoms with E-state index in [-0.39, 0.29) is 4.83 Å². The third kappa shape index (κ3) is 3.80. The lowest BCUT2D eigenvalue weighted by molar-refractivity contribution is -0.139. The summed E-state index contributed by atoms with van der Waals surface area (Å²) in [7, 11) is 0. The van der Waals surface area contributed by atoms with Crippen LogP contribution < -0.4 is 0 Å². The molecule has 4 saturated carbocycles. The number of ketones is 1. The van der Waals surface area contributed by atoms with Gasteiger partial charge >= 0.3 is 0 Å². The van der Waals surface area contributed by atoms with Crippen molar-refractivity contribution < 1.29 is 4.79 Å². The average Bonchev–Trinajstić information content (AvgIpc) is 3.00. The Morgan fingerprint density at radius 3 is 2.41 bits per heavy atom. The van der Waals surface area contributed by atoms with Crippen LogP contribution in [0.2, 0.25) is 0 Å². The Bertz CT molecular complexity index is 614. The van der Waals surface area contributed by atoms with Crippen molar-refractivity contribution in [3.8, 4) is 0 Å². The highest BCUT2D eigenvalue weighted by molar-refractivity contribution is 9.10. The van der Waals surface area contributed by atoms with Gasteiger partial charge in [0.05, 0.1) is 4.83 Å². The fraction of sp³-hybridized carbons (Fsp3) is 0.963. The van der Waals surface area contributed by atoms with Gasteiger partial charge in [0.1, 0.15) is 5.78 Å². The largest absolute Gasteiger partial charge is 0.298 e. The first kappa shape index (κ1) is 22.3. The number of carbonyl (C=O) groups is 1. The third-order valence-corrected chi connectivity index (χ3v) is 11.5. The molecule has 2 heteroatoms. The first-order chi connectivity index (χ1) is 13.7. The van der Waals surface area contributed by atoms with Crippen molar-refractivity contribution in [1.29, 1.82) is 0 Å². The molecule has 0 aromatic rings. The summed E-state index contributed by atoms with van der Waals surface area (Å²) in [6.07, 6.45) is 14.7. The van der Waals surface area contributed by atoms with Gasteiger partial charge in [-0.1, -0.05) is 69.8 Å². The fourth-order valence-corrected chi connectivity index (χ4v) is 9.97. The van der Waals surface area contributed by atoms with Gasteiger partial charge in [-0.3, -0.25) is 4.79 Å². The van der Waals surface area contributed by atoms with Crippen LogP contribution in [0.5, 0.6) is 0 Å². The van der Waals surface area contributed by atoms with Crippen LogP contribution in [0.25, 0.3) is 0 Å². The zero-order valence-corrected chi connectivity index (χ0v) is 21.3. The summed E-state index contributed by atoms with van der Waals surface area (Å²) in [4.78, 5) is 12.5. The summed E-state index contributed by atoms with van der Waals surface area (Å²) in [6, 6.07) is 0. The Hall–Kier alpha value is 0.150. The van der Waals surface area contributed by atoms with Crippen LogP contribution in [0.15, 0.2) is 0 Å². The first-order valence-electron chi connectivity index (χ1n) is 12.8. The zero-order chi connectivity index (χ0) is 21.0. The van der Waals surface area contributed by atoms with Gasteiger partial charge in [0.15, 0.2) is 0 Å². The van der Waals surface area contributed by atoms with E-state index in [1.807, 2.05) is 0 Å². The van der Waals surface area contributed by atoms with E-state index in [1.165, 1.54) is 57.8 Å². The number of hydrogen-bond acceptors (Lipinski definition) is 1. The summed E-state index contributed by atoms with van der Waals surface area (Å²) < 4.78 is 0. The van der Waals surface area contributed by atoms with Gasteiger partial charge in [0.2, 0.25) is 0 Å². The van der Waals surface area contributed by atoms with Crippen molar-refractivity contribution in [2.75, 3.05) is 0 Å². The maximum absolute atomic E-state index is 12.4. The van der Waals surface area contributed by atoms with Crippen molar-refractivity contribution in [3.05, 3.63) is 0 Å². The van der Waals surface area contributed by atoms with E-state index in [0.717, 1.165) is 48.3 Å². The maximum Gasteiger partial charge on any atom is 0.146 e. The van der Waals surface area contributed by atoms with E-state index in [9.17, 15) is 4.79 Å². The molecule has 0 N–H and O–H groups in total. The molecule has 29 heavy (non-hydrogen) atoms. The predicted octanol–water partition coefficient (Wildman–Crippen LogP) is 8.05. The SMILES string of the molecule is CC(C)CCC[C@@H](C)[C@H]1CCC2C3CCC4CC(=O)[C@H](Br)C[C@]4(C)C3CC[C@@]21C. The highest BCUT2D eigenvalue weighted by Crippen LogP contribution is 2.68. The number of halogens is 1. The molecule has 0 aromatic carbocycles. The van der Waals surface area contributed by atoms with Crippen LogP contribution in [0.4, 0.5) is 0 Å². The van der Waals surface area contributed by atoms with E-state index in [4.69, 9.17) is 0 Å². The fourth-order valence-electron chi connectivity index (χ4n) is 9.08. The van der Waals surface area contributed by atoms with Crippen LogP contribution in [0.3, 0.4) is 0 Å². The lowest BCUT2D eigenvalue weighted by Crippen LogP contribution is -2.55. The molecule has 0 aliphatic heterocycles. The second kappa shape index (κ2) is 8.25. The molecule has 9 atom stereocenters. The zero-order valence-electron chi connectivity index (χ0n) is 19.7. The Kier molecular flexibility index (Phi) is 6.36. The number of Topliss-reactive ketones (excluding diaryl/α,β-unsaturated/α-hetero) is 1. The van der Waals surface area contributed by atoms with Gasteiger partial charge < -0.3 is 0 Å². The van der Waals surface area contributed by atoms with Crippen LogP contribution in [-0.4, -0.2) is 10.6 Å². The summed E-state index contributed by atoms with van der Waals surface area (Å²) in [5.41, 5.74) is 0.979. The first-order valence-corrected chi connectivity index (χ1v) is 13.7. The highest BCUT2D eigenvalue weighted by Gasteiger charge is 2.61. The number of rotatable bonds is 5. The molecule has 0 radical (unpaired) electrons. The van der Waals surface area contributed by atoms with Crippen LogP contribution in [-0.2, 0) is 4.79 Å². The van der Waals surface area contributed by atoms with Gasteiger partial charge in [0, 0.05) is 6.42 Å². The predicted molar refractivity (Wildman–Crippen MR) is 126 cm³/mol. The standard InChI is InChI=1S/C27H45BrO/c1-17(2)7-6-8-18(3)21-11-12-22-20-10-9-19-15-25(29)24(28)16-27(19,5)23(20)13-14-26(21,22)4/h17-24H,6-16H2,1-5H3/t18-,19?,20?,21-,22?,23?,24-,26-,27+/m1/s1. The van der Waals surface area contributed by atoms with E-state index < -0.39 is 0 Å². The lowest BCUT2D eigenvalue weighted by Gasteiger charge is -2.61. The molecule has 0 amide bonds. The molecule has 4 aliphatic rings. The molecule has 4 aliphatic carbocycles. The quantitative estimate of drug-likeness (QED) is 0.375. The molecule has 0 heterocycles. The van der Waals surface area contributed by atoms with Gasteiger partial charge in [-0.15, -0.1) is 0 Å². The van der Waals surface area contributed by atoms with E-state index in [1.54, 1.807) is 0 Å². The van der Waals surface area contributed by atoms with Crippen molar-refractivity contribution in [2.45, 2.75) is 110 Å². The van der Waals surface area contributed by atoms with E-state index >= 15 is 0 Å². The van der Waals surface area contributed by atoms with Gasteiger partial charge in [-0.25, -0.2) is 0 Å². The van der Waals surface area contributed by atoms with E-state index in [0.29, 0.717) is 22.5 Å². The minimum Gasteiger partial charge on any atom is -0.298 e. The normalized spacial score (nSPS) is 48.2. The second-order valence-electron chi connectivity index (χ2n) is 12.5. The molecule has 1 nitrogen and oxygen atoms in total. The smallest absolute Gasteiger partial charge is 0.146 e. The number of hydrogen-bond donors (Lipinski definition) is 0. The summed E-state index contributed by atoms with van der Waals surface area (Å²) in [5.74, 6) is 6.56. The van der Waals surface area contributed by atoms with Crippen LogP contribution >= 0.6 is 15.9 Å². The average molecular weight is 466 g/mol. The molecule has 4 rings (SSSR count). The number of fused-ring (bicyclic) bond motifs is 5. The number of carbonyl (C=O) groups excluding carboxylic acids is 1. The monoisotopic (exact) mass is 464 g/mol. The minimum absolute atomic E-state index is 0.119.